The second-order valence-electron chi connectivity index (χ2n) is 9.92. The molecule has 0 aromatic heterocycles. The third-order valence-corrected chi connectivity index (χ3v) is 7.88. The molecule has 0 aliphatic heterocycles. The number of rotatable bonds is 8. The summed E-state index contributed by atoms with van der Waals surface area (Å²) in [5.41, 5.74) is 1.26. The van der Waals surface area contributed by atoms with Crippen LogP contribution in [0.3, 0.4) is 0 Å². The molecule has 2 fully saturated rings. The van der Waals surface area contributed by atoms with E-state index in [1.54, 1.807) is 0 Å². The third-order valence-electron chi connectivity index (χ3n) is 7.88. The van der Waals surface area contributed by atoms with E-state index in [0.29, 0.717) is 5.56 Å². The summed E-state index contributed by atoms with van der Waals surface area (Å²) in [5.74, 6) is 0.0530. The summed E-state index contributed by atoms with van der Waals surface area (Å²) in [6.45, 7) is 4.14. The number of allylic oxidation sites excluding steroid dienone is 2. The molecule has 0 amide bonds. The van der Waals surface area contributed by atoms with E-state index in [1.165, 1.54) is 70.6 Å². The van der Waals surface area contributed by atoms with Crippen LogP contribution in [0.5, 0.6) is 0 Å². The molecule has 0 heterocycles. The van der Waals surface area contributed by atoms with Gasteiger partial charge in [0.2, 0.25) is 0 Å². The number of hydrogen-bond acceptors (Lipinski definition) is 0. The van der Waals surface area contributed by atoms with E-state index < -0.39 is 17.5 Å². The third kappa shape index (κ3) is 6.37. The maximum Gasteiger partial charge on any atom is 0.194 e. The van der Waals surface area contributed by atoms with Crippen molar-refractivity contribution >= 4 is 5.57 Å². The maximum atomic E-state index is 13.4. The first-order chi connectivity index (χ1) is 14.5. The fraction of sp³-hybridized carbons (Fsp3) is 0.704. The summed E-state index contributed by atoms with van der Waals surface area (Å²) in [7, 11) is 0. The van der Waals surface area contributed by atoms with Crippen LogP contribution in [0.4, 0.5) is 13.2 Å². The van der Waals surface area contributed by atoms with E-state index in [1.807, 2.05) is 6.92 Å². The van der Waals surface area contributed by atoms with Gasteiger partial charge in [0.05, 0.1) is 0 Å². The van der Waals surface area contributed by atoms with Crippen LogP contribution in [0.2, 0.25) is 0 Å². The maximum absolute atomic E-state index is 13.4. The molecule has 0 unspecified atom stereocenters. The van der Waals surface area contributed by atoms with Crippen LogP contribution in [0.15, 0.2) is 18.2 Å². The summed E-state index contributed by atoms with van der Waals surface area (Å²) in [5, 5.41) is 0. The molecule has 30 heavy (non-hydrogen) atoms. The van der Waals surface area contributed by atoms with Crippen LogP contribution in [0.25, 0.3) is 5.57 Å². The van der Waals surface area contributed by atoms with Gasteiger partial charge in [0.15, 0.2) is 17.5 Å². The number of hydrogen-bond donors (Lipinski definition) is 0. The summed E-state index contributed by atoms with van der Waals surface area (Å²) in [6.07, 6.45) is 19.5. The molecule has 3 heteroatoms. The van der Waals surface area contributed by atoms with Gasteiger partial charge in [0.1, 0.15) is 0 Å². The van der Waals surface area contributed by atoms with Crippen molar-refractivity contribution in [1.29, 1.82) is 0 Å². The number of benzene rings is 1. The zero-order valence-corrected chi connectivity index (χ0v) is 18.9. The lowest BCUT2D eigenvalue weighted by Gasteiger charge is -2.38. The SMILES string of the molecule is CCCCC1CCC(C2CCC(CCC=C(C)c3cc(F)c(F)c(F)c3)CC2)CC1. The van der Waals surface area contributed by atoms with Crippen molar-refractivity contribution in [1.82, 2.24) is 0 Å². The molecule has 0 atom stereocenters. The standard InChI is InChI=1S/C27H39F3/c1-3-4-7-20-9-13-22(14-10-20)23-15-11-21(12-16-23)8-5-6-19(2)24-17-25(28)27(30)26(29)18-24/h6,17-18,20-23H,3-5,7-16H2,1-2H3. The van der Waals surface area contributed by atoms with Gasteiger partial charge in [-0.1, -0.05) is 57.9 Å². The van der Waals surface area contributed by atoms with E-state index in [-0.39, 0.29) is 0 Å². The van der Waals surface area contributed by atoms with Gasteiger partial charge in [-0.3, -0.25) is 0 Å². The van der Waals surface area contributed by atoms with Crippen molar-refractivity contribution in [2.75, 3.05) is 0 Å². The highest BCUT2D eigenvalue weighted by molar-refractivity contribution is 5.63. The average molecular weight is 421 g/mol. The molecular weight excluding hydrogens is 381 g/mol. The minimum atomic E-state index is -1.39. The Morgan fingerprint density at radius 1 is 0.833 bits per heavy atom. The zero-order valence-electron chi connectivity index (χ0n) is 18.9. The van der Waals surface area contributed by atoms with Gasteiger partial charge >= 0.3 is 0 Å². The summed E-state index contributed by atoms with van der Waals surface area (Å²) < 4.78 is 40.0. The Labute approximate surface area is 181 Å². The zero-order chi connectivity index (χ0) is 21.5. The molecule has 0 spiro atoms. The van der Waals surface area contributed by atoms with Crippen molar-refractivity contribution < 1.29 is 13.2 Å². The van der Waals surface area contributed by atoms with Gasteiger partial charge in [-0.25, -0.2) is 13.2 Å². The lowest BCUT2D eigenvalue weighted by molar-refractivity contribution is 0.141. The molecule has 0 bridgehead atoms. The molecule has 0 radical (unpaired) electrons. The predicted molar refractivity (Wildman–Crippen MR) is 120 cm³/mol. The monoisotopic (exact) mass is 420 g/mol. The Hall–Kier alpha value is -1.25. The first kappa shape index (κ1) is 23.4. The predicted octanol–water partition coefficient (Wildman–Crippen LogP) is 9.09. The molecule has 0 nitrogen and oxygen atoms in total. The first-order valence-electron chi connectivity index (χ1n) is 12.3. The quantitative estimate of drug-likeness (QED) is 0.368. The highest BCUT2D eigenvalue weighted by atomic mass is 19.2. The van der Waals surface area contributed by atoms with Gasteiger partial charge < -0.3 is 0 Å². The second-order valence-corrected chi connectivity index (χ2v) is 9.92. The molecule has 1 aromatic carbocycles. The molecule has 3 rings (SSSR count). The van der Waals surface area contributed by atoms with Crippen molar-refractivity contribution in [2.45, 2.75) is 97.3 Å². The van der Waals surface area contributed by atoms with E-state index in [4.69, 9.17) is 0 Å². The Kier molecular flexibility index (Phi) is 8.89. The lowest BCUT2D eigenvalue weighted by atomic mass is 9.68. The summed E-state index contributed by atoms with van der Waals surface area (Å²) in [4.78, 5) is 0. The van der Waals surface area contributed by atoms with Gasteiger partial charge in [-0.2, -0.15) is 0 Å². The van der Waals surface area contributed by atoms with Crippen LogP contribution in [0.1, 0.15) is 103 Å². The molecule has 2 aliphatic carbocycles. The summed E-state index contributed by atoms with van der Waals surface area (Å²) in [6, 6.07) is 2.18. The fourth-order valence-electron chi connectivity index (χ4n) is 5.83. The molecular formula is C27H39F3. The van der Waals surface area contributed by atoms with E-state index in [9.17, 15) is 13.2 Å². The van der Waals surface area contributed by atoms with E-state index in [0.717, 1.165) is 54.2 Å². The van der Waals surface area contributed by atoms with Gasteiger partial charge in [0, 0.05) is 0 Å². The fourth-order valence-corrected chi connectivity index (χ4v) is 5.83. The van der Waals surface area contributed by atoms with Crippen molar-refractivity contribution in [3.63, 3.8) is 0 Å². The Morgan fingerprint density at radius 2 is 1.33 bits per heavy atom. The van der Waals surface area contributed by atoms with Crippen LogP contribution >= 0.6 is 0 Å². The molecule has 0 saturated heterocycles. The Bertz CT molecular complexity index is 669. The minimum Gasteiger partial charge on any atom is -0.204 e. The number of unbranched alkanes of at least 4 members (excludes halogenated alkanes) is 1. The molecule has 168 valence electrons. The van der Waals surface area contributed by atoms with Gasteiger partial charge in [-0.15, -0.1) is 0 Å². The second kappa shape index (κ2) is 11.4. The average Bonchev–Trinajstić information content (AvgIpc) is 2.76. The van der Waals surface area contributed by atoms with Crippen molar-refractivity contribution in [3.8, 4) is 0 Å². The summed E-state index contributed by atoms with van der Waals surface area (Å²) >= 11 is 0. The van der Waals surface area contributed by atoms with E-state index in [2.05, 4.69) is 13.0 Å². The topological polar surface area (TPSA) is 0 Å². The van der Waals surface area contributed by atoms with E-state index >= 15 is 0 Å². The minimum absolute atomic E-state index is 0.435. The largest absolute Gasteiger partial charge is 0.204 e. The highest BCUT2D eigenvalue weighted by Crippen LogP contribution is 2.43. The molecule has 2 aliphatic rings. The smallest absolute Gasteiger partial charge is 0.194 e. The van der Waals surface area contributed by atoms with Gasteiger partial charge in [0.25, 0.3) is 0 Å². The molecule has 0 N–H and O–H groups in total. The van der Waals surface area contributed by atoms with Crippen LogP contribution in [-0.4, -0.2) is 0 Å². The Balaban J connectivity index is 1.38. The molecule has 1 aromatic rings. The Morgan fingerprint density at radius 3 is 1.83 bits per heavy atom. The normalized spacial score (nSPS) is 28.0. The van der Waals surface area contributed by atoms with Crippen LogP contribution in [-0.2, 0) is 0 Å². The van der Waals surface area contributed by atoms with Crippen LogP contribution < -0.4 is 0 Å². The van der Waals surface area contributed by atoms with Crippen molar-refractivity contribution in [2.24, 2.45) is 23.7 Å². The lowest BCUT2D eigenvalue weighted by Crippen LogP contribution is -2.25. The number of halogens is 3. The highest BCUT2D eigenvalue weighted by Gasteiger charge is 2.30. The first-order valence-corrected chi connectivity index (χ1v) is 12.3. The molecule has 2 saturated carbocycles. The van der Waals surface area contributed by atoms with Gasteiger partial charge in [-0.05, 0) is 92.4 Å². The van der Waals surface area contributed by atoms with Crippen LogP contribution in [0, 0.1) is 41.1 Å². The van der Waals surface area contributed by atoms with Crippen molar-refractivity contribution in [3.05, 3.63) is 41.2 Å².